The van der Waals surface area contributed by atoms with Crippen LogP contribution in [0.3, 0.4) is 0 Å². The van der Waals surface area contributed by atoms with Crippen LogP contribution >= 0.6 is 11.3 Å². The van der Waals surface area contributed by atoms with E-state index in [-0.39, 0.29) is 5.91 Å². The van der Waals surface area contributed by atoms with Gasteiger partial charge in [0.15, 0.2) is 5.13 Å². The van der Waals surface area contributed by atoms with Crippen molar-refractivity contribution in [3.63, 3.8) is 0 Å². The number of fused-ring (bicyclic) bond motifs is 1. The molecule has 0 aliphatic carbocycles. The van der Waals surface area contributed by atoms with Gasteiger partial charge in [0.1, 0.15) is 5.69 Å². The maximum absolute atomic E-state index is 13.3. The molecule has 0 radical (unpaired) electrons. The predicted molar refractivity (Wildman–Crippen MR) is 106 cm³/mol. The van der Waals surface area contributed by atoms with Crippen LogP contribution in [0.4, 0.5) is 5.13 Å². The molecule has 142 valence electrons. The van der Waals surface area contributed by atoms with Gasteiger partial charge in [0, 0.05) is 38.9 Å². The Morgan fingerprint density at radius 3 is 2.85 bits per heavy atom. The minimum atomic E-state index is -0.0540. The number of thiazole rings is 1. The summed E-state index contributed by atoms with van der Waals surface area (Å²) in [6, 6.07) is 9.77. The fraction of sp³-hybridized carbons (Fsp3) is 0.421. The van der Waals surface area contributed by atoms with E-state index in [4.69, 9.17) is 9.72 Å². The van der Waals surface area contributed by atoms with Gasteiger partial charge in [0.25, 0.3) is 5.91 Å². The number of carbonyl (C=O) groups is 1. The second-order valence-corrected chi connectivity index (χ2v) is 7.42. The average molecular weight is 385 g/mol. The Morgan fingerprint density at radius 2 is 2.07 bits per heavy atom. The highest BCUT2D eigenvalue weighted by molar-refractivity contribution is 7.22. The molecule has 1 fully saturated rings. The zero-order valence-electron chi connectivity index (χ0n) is 15.4. The number of anilines is 1. The lowest BCUT2D eigenvalue weighted by atomic mass is 10.3. The number of aryl methyl sites for hydroxylation is 1. The molecule has 0 spiro atoms. The van der Waals surface area contributed by atoms with Crippen molar-refractivity contribution in [1.29, 1.82) is 0 Å². The molecule has 1 saturated heterocycles. The summed E-state index contributed by atoms with van der Waals surface area (Å²) in [5, 5.41) is 4.98. The first-order valence-electron chi connectivity index (χ1n) is 9.25. The summed E-state index contributed by atoms with van der Waals surface area (Å²) in [7, 11) is 0. The van der Waals surface area contributed by atoms with Crippen molar-refractivity contribution in [3.8, 4) is 0 Å². The number of aromatic nitrogens is 3. The van der Waals surface area contributed by atoms with E-state index >= 15 is 0 Å². The molecular weight excluding hydrogens is 362 g/mol. The maximum atomic E-state index is 13.3. The van der Waals surface area contributed by atoms with E-state index in [2.05, 4.69) is 10.00 Å². The van der Waals surface area contributed by atoms with Crippen LogP contribution in [0.2, 0.25) is 0 Å². The van der Waals surface area contributed by atoms with Gasteiger partial charge in [-0.05, 0) is 25.1 Å². The number of morpholine rings is 1. The van der Waals surface area contributed by atoms with E-state index in [0.29, 0.717) is 18.8 Å². The van der Waals surface area contributed by atoms with E-state index in [1.54, 1.807) is 33.2 Å². The summed E-state index contributed by atoms with van der Waals surface area (Å²) in [4.78, 5) is 22.2. The number of rotatable bonds is 6. The smallest absolute Gasteiger partial charge is 0.278 e. The molecule has 4 rings (SSSR count). The van der Waals surface area contributed by atoms with Gasteiger partial charge in [-0.3, -0.25) is 19.3 Å². The summed E-state index contributed by atoms with van der Waals surface area (Å²) in [6.45, 7) is 7.32. The van der Waals surface area contributed by atoms with Crippen molar-refractivity contribution in [2.24, 2.45) is 0 Å². The van der Waals surface area contributed by atoms with Crippen LogP contribution in [0.5, 0.6) is 0 Å². The lowest BCUT2D eigenvalue weighted by Gasteiger charge is -2.29. The number of para-hydroxylation sites is 1. The van der Waals surface area contributed by atoms with Gasteiger partial charge < -0.3 is 4.74 Å². The summed E-state index contributed by atoms with van der Waals surface area (Å²) in [6.07, 6.45) is 1.68. The third-order valence-electron chi connectivity index (χ3n) is 4.74. The molecule has 1 amide bonds. The molecule has 0 N–H and O–H groups in total. The van der Waals surface area contributed by atoms with Gasteiger partial charge in [-0.15, -0.1) is 0 Å². The van der Waals surface area contributed by atoms with E-state index in [1.807, 2.05) is 31.2 Å². The van der Waals surface area contributed by atoms with Crippen LogP contribution in [0.25, 0.3) is 10.2 Å². The second kappa shape index (κ2) is 8.16. The summed E-state index contributed by atoms with van der Waals surface area (Å²) in [5.74, 6) is -0.0540. The van der Waals surface area contributed by atoms with Crippen molar-refractivity contribution >= 4 is 32.6 Å². The molecule has 0 saturated carbocycles. The van der Waals surface area contributed by atoms with Crippen molar-refractivity contribution < 1.29 is 9.53 Å². The van der Waals surface area contributed by atoms with Gasteiger partial charge >= 0.3 is 0 Å². The van der Waals surface area contributed by atoms with Crippen LogP contribution < -0.4 is 4.90 Å². The Morgan fingerprint density at radius 1 is 1.26 bits per heavy atom. The number of nitrogens with zero attached hydrogens (tertiary/aromatic N) is 5. The zero-order chi connectivity index (χ0) is 18.6. The SMILES string of the molecule is CCn1nccc1C(=O)N(CCN1CCOCC1)c1nc2ccccc2s1. The van der Waals surface area contributed by atoms with Crippen LogP contribution in [0.15, 0.2) is 36.5 Å². The van der Waals surface area contributed by atoms with Gasteiger partial charge in [-0.25, -0.2) is 4.98 Å². The first-order valence-corrected chi connectivity index (χ1v) is 10.1. The van der Waals surface area contributed by atoms with E-state index in [1.165, 1.54) is 0 Å². The normalized spacial score (nSPS) is 15.3. The largest absolute Gasteiger partial charge is 0.379 e. The van der Waals surface area contributed by atoms with Crippen LogP contribution in [0.1, 0.15) is 17.4 Å². The van der Waals surface area contributed by atoms with Gasteiger partial charge in [-0.1, -0.05) is 23.5 Å². The van der Waals surface area contributed by atoms with Crippen LogP contribution in [-0.4, -0.2) is 65.0 Å². The Bertz CT molecular complexity index is 883. The van der Waals surface area contributed by atoms with Crippen molar-refractivity contribution in [2.75, 3.05) is 44.3 Å². The molecule has 1 aliphatic rings. The molecule has 3 heterocycles. The molecule has 8 heteroatoms. The second-order valence-electron chi connectivity index (χ2n) is 6.41. The number of benzene rings is 1. The fourth-order valence-corrected chi connectivity index (χ4v) is 4.22. The van der Waals surface area contributed by atoms with E-state index < -0.39 is 0 Å². The van der Waals surface area contributed by atoms with Gasteiger partial charge in [0.05, 0.1) is 23.4 Å². The van der Waals surface area contributed by atoms with Gasteiger partial charge in [0.2, 0.25) is 0 Å². The first kappa shape index (κ1) is 18.1. The summed E-state index contributed by atoms with van der Waals surface area (Å²) >= 11 is 1.55. The first-order chi connectivity index (χ1) is 13.3. The predicted octanol–water partition coefficient (Wildman–Crippen LogP) is 2.49. The Labute approximate surface area is 162 Å². The van der Waals surface area contributed by atoms with Crippen molar-refractivity contribution in [2.45, 2.75) is 13.5 Å². The lowest BCUT2D eigenvalue weighted by molar-refractivity contribution is 0.0391. The summed E-state index contributed by atoms with van der Waals surface area (Å²) in [5.41, 5.74) is 1.52. The Kier molecular flexibility index (Phi) is 5.47. The van der Waals surface area contributed by atoms with E-state index in [0.717, 1.165) is 48.2 Å². The molecule has 0 atom stereocenters. The highest BCUT2D eigenvalue weighted by atomic mass is 32.1. The lowest BCUT2D eigenvalue weighted by Crippen LogP contribution is -2.43. The van der Waals surface area contributed by atoms with Crippen molar-refractivity contribution in [3.05, 3.63) is 42.2 Å². The Hall–Kier alpha value is -2.29. The molecule has 3 aromatic rings. The molecule has 0 bridgehead atoms. The number of amides is 1. The van der Waals surface area contributed by atoms with Crippen molar-refractivity contribution in [1.82, 2.24) is 19.7 Å². The average Bonchev–Trinajstić information content (AvgIpc) is 3.35. The fourth-order valence-electron chi connectivity index (χ4n) is 3.23. The number of carbonyl (C=O) groups excluding carboxylic acids is 1. The van der Waals surface area contributed by atoms with Crippen LogP contribution in [0, 0.1) is 0 Å². The number of hydrogen-bond donors (Lipinski definition) is 0. The Balaban J connectivity index is 1.62. The number of hydrogen-bond acceptors (Lipinski definition) is 6. The highest BCUT2D eigenvalue weighted by Gasteiger charge is 2.25. The highest BCUT2D eigenvalue weighted by Crippen LogP contribution is 2.29. The number of ether oxygens (including phenoxy) is 1. The molecule has 0 unspecified atom stereocenters. The third-order valence-corrected chi connectivity index (χ3v) is 5.80. The minimum absolute atomic E-state index is 0.0540. The molecule has 27 heavy (non-hydrogen) atoms. The summed E-state index contributed by atoms with van der Waals surface area (Å²) < 4.78 is 8.24. The van der Waals surface area contributed by atoms with Gasteiger partial charge in [-0.2, -0.15) is 5.10 Å². The zero-order valence-corrected chi connectivity index (χ0v) is 16.2. The third kappa shape index (κ3) is 3.87. The standard InChI is InChI=1S/C19H23N5O2S/c1-2-24-16(7-8-20-24)18(25)23(10-9-22-11-13-26-14-12-22)19-21-15-5-3-4-6-17(15)27-19/h3-8H,2,9-14H2,1H3. The van der Waals surface area contributed by atoms with Crippen LogP contribution in [-0.2, 0) is 11.3 Å². The van der Waals surface area contributed by atoms with E-state index in [9.17, 15) is 4.79 Å². The molecule has 1 aromatic carbocycles. The molecule has 2 aromatic heterocycles. The maximum Gasteiger partial charge on any atom is 0.278 e. The topological polar surface area (TPSA) is 63.5 Å². The monoisotopic (exact) mass is 385 g/mol. The minimum Gasteiger partial charge on any atom is -0.379 e. The quantitative estimate of drug-likeness (QED) is 0.652. The molecular formula is C19H23N5O2S. The molecule has 1 aliphatic heterocycles. The molecule has 7 nitrogen and oxygen atoms in total.